The molecule has 0 spiro atoms. The number of fused-ring (bicyclic) bond motifs is 1. The molecular formula is C14H12N4O. The van der Waals surface area contributed by atoms with Gasteiger partial charge in [-0.1, -0.05) is 12.1 Å². The van der Waals surface area contributed by atoms with Gasteiger partial charge in [0.15, 0.2) is 0 Å². The van der Waals surface area contributed by atoms with Crippen molar-refractivity contribution in [3.63, 3.8) is 0 Å². The number of carbonyl (C=O) groups excluding carboxylic acids is 1. The predicted molar refractivity (Wildman–Crippen MR) is 70.6 cm³/mol. The molecule has 1 amide bonds. The number of imidazole rings is 1. The van der Waals surface area contributed by atoms with Gasteiger partial charge in [-0.2, -0.15) is 0 Å². The first-order valence-electron chi connectivity index (χ1n) is 5.94. The maximum Gasteiger partial charge on any atom is 0.268 e. The quantitative estimate of drug-likeness (QED) is 0.771. The maximum atomic E-state index is 12.1. The second kappa shape index (κ2) is 4.89. The molecule has 0 aromatic carbocycles. The molecule has 0 aliphatic carbocycles. The van der Waals surface area contributed by atoms with Crippen molar-refractivity contribution in [1.29, 1.82) is 0 Å². The van der Waals surface area contributed by atoms with Gasteiger partial charge in [0, 0.05) is 31.3 Å². The molecule has 1 N–H and O–H groups in total. The normalized spacial score (nSPS) is 10.5. The van der Waals surface area contributed by atoms with Crippen LogP contribution in [0.4, 0.5) is 0 Å². The zero-order valence-electron chi connectivity index (χ0n) is 10.2. The predicted octanol–water partition coefficient (Wildman–Crippen LogP) is 1.66. The number of hydrogen-bond acceptors (Lipinski definition) is 3. The average Bonchev–Trinajstić information content (AvgIpc) is 2.94. The zero-order chi connectivity index (χ0) is 13.1. The molecule has 94 valence electrons. The highest BCUT2D eigenvalue weighted by molar-refractivity contribution is 5.93. The third kappa shape index (κ3) is 2.30. The van der Waals surface area contributed by atoms with Crippen molar-refractivity contribution in [2.45, 2.75) is 6.54 Å². The minimum Gasteiger partial charge on any atom is -0.347 e. The highest BCUT2D eigenvalue weighted by Crippen LogP contribution is 2.06. The Morgan fingerprint density at radius 2 is 2.16 bits per heavy atom. The summed E-state index contributed by atoms with van der Waals surface area (Å²) in [5.74, 6) is -0.132. The van der Waals surface area contributed by atoms with Crippen LogP contribution in [-0.2, 0) is 6.54 Å². The summed E-state index contributed by atoms with van der Waals surface area (Å²) in [5.41, 5.74) is 2.29. The zero-order valence-corrected chi connectivity index (χ0v) is 10.2. The number of carbonyl (C=O) groups is 1. The number of amides is 1. The van der Waals surface area contributed by atoms with Crippen molar-refractivity contribution < 1.29 is 4.79 Å². The fourth-order valence-corrected chi connectivity index (χ4v) is 1.91. The van der Waals surface area contributed by atoms with E-state index in [-0.39, 0.29) is 5.91 Å². The van der Waals surface area contributed by atoms with Gasteiger partial charge in [0.2, 0.25) is 0 Å². The van der Waals surface area contributed by atoms with Crippen molar-refractivity contribution in [3.8, 4) is 0 Å². The second-order valence-electron chi connectivity index (χ2n) is 4.11. The van der Waals surface area contributed by atoms with Gasteiger partial charge in [0.05, 0.1) is 0 Å². The lowest BCUT2D eigenvalue weighted by Crippen LogP contribution is -2.24. The number of pyridine rings is 2. The van der Waals surface area contributed by atoms with E-state index in [9.17, 15) is 4.79 Å². The first-order valence-corrected chi connectivity index (χ1v) is 5.94. The Balaban J connectivity index is 1.79. The summed E-state index contributed by atoms with van der Waals surface area (Å²) in [6, 6.07) is 9.22. The SMILES string of the molecule is O=C(NCc1cccnc1)c1cccc2nccn12. The number of nitrogens with one attached hydrogen (secondary N) is 1. The van der Waals surface area contributed by atoms with Crippen LogP contribution < -0.4 is 5.32 Å². The van der Waals surface area contributed by atoms with Crippen LogP contribution in [0.3, 0.4) is 0 Å². The van der Waals surface area contributed by atoms with Gasteiger partial charge < -0.3 is 5.32 Å². The number of rotatable bonds is 3. The summed E-state index contributed by atoms with van der Waals surface area (Å²) < 4.78 is 1.76. The second-order valence-corrected chi connectivity index (χ2v) is 4.11. The third-order valence-electron chi connectivity index (χ3n) is 2.84. The van der Waals surface area contributed by atoms with Crippen LogP contribution in [0, 0.1) is 0 Å². The molecule has 0 fully saturated rings. The Morgan fingerprint density at radius 1 is 1.21 bits per heavy atom. The molecule has 0 unspecified atom stereocenters. The van der Waals surface area contributed by atoms with E-state index in [4.69, 9.17) is 0 Å². The molecule has 0 bridgehead atoms. The van der Waals surface area contributed by atoms with Crippen molar-refractivity contribution in [3.05, 3.63) is 66.4 Å². The van der Waals surface area contributed by atoms with E-state index >= 15 is 0 Å². The number of aromatic nitrogens is 3. The van der Waals surface area contributed by atoms with E-state index in [1.807, 2.05) is 24.3 Å². The van der Waals surface area contributed by atoms with Gasteiger partial charge in [-0.05, 0) is 23.8 Å². The Hall–Kier alpha value is -2.69. The monoisotopic (exact) mass is 252 g/mol. The fourth-order valence-electron chi connectivity index (χ4n) is 1.91. The molecule has 3 aromatic rings. The minimum atomic E-state index is -0.132. The molecule has 5 heteroatoms. The number of nitrogens with zero attached hydrogens (tertiary/aromatic N) is 3. The van der Waals surface area contributed by atoms with Crippen molar-refractivity contribution in [2.24, 2.45) is 0 Å². The van der Waals surface area contributed by atoms with Crippen LogP contribution in [0.2, 0.25) is 0 Å². The summed E-state index contributed by atoms with van der Waals surface area (Å²) >= 11 is 0. The van der Waals surface area contributed by atoms with Crippen LogP contribution in [0.25, 0.3) is 5.65 Å². The molecule has 0 saturated heterocycles. The van der Waals surface area contributed by atoms with E-state index in [1.165, 1.54) is 0 Å². The summed E-state index contributed by atoms with van der Waals surface area (Å²) in [6.45, 7) is 0.456. The highest BCUT2D eigenvalue weighted by atomic mass is 16.1. The van der Waals surface area contributed by atoms with Gasteiger partial charge in [-0.15, -0.1) is 0 Å². The van der Waals surface area contributed by atoms with Crippen LogP contribution in [0.1, 0.15) is 16.1 Å². The summed E-state index contributed by atoms with van der Waals surface area (Å²) in [4.78, 5) is 20.3. The lowest BCUT2D eigenvalue weighted by molar-refractivity contribution is 0.0944. The average molecular weight is 252 g/mol. The molecule has 3 aromatic heterocycles. The van der Waals surface area contributed by atoms with Crippen LogP contribution >= 0.6 is 0 Å². The summed E-state index contributed by atoms with van der Waals surface area (Å²) in [7, 11) is 0. The minimum absolute atomic E-state index is 0.132. The van der Waals surface area contributed by atoms with Crippen molar-refractivity contribution in [1.82, 2.24) is 19.7 Å². The fraction of sp³-hybridized carbons (Fsp3) is 0.0714. The van der Waals surface area contributed by atoms with E-state index in [1.54, 1.807) is 35.3 Å². The van der Waals surface area contributed by atoms with Crippen LogP contribution in [-0.4, -0.2) is 20.3 Å². The van der Waals surface area contributed by atoms with Gasteiger partial charge >= 0.3 is 0 Å². The smallest absolute Gasteiger partial charge is 0.268 e. The lowest BCUT2D eigenvalue weighted by atomic mass is 10.2. The largest absolute Gasteiger partial charge is 0.347 e. The first-order chi connectivity index (χ1) is 9.34. The van der Waals surface area contributed by atoms with Crippen LogP contribution in [0.15, 0.2) is 55.1 Å². The Morgan fingerprint density at radius 3 is 3.00 bits per heavy atom. The highest BCUT2D eigenvalue weighted by Gasteiger charge is 2.09. The van der Waals surface area contributed by atoms with E-state index < -0.39 is 0 Å². The van der Waals surface area contributed by atoms with E-state index in [2.05, 4.69) is 15.3 Å². The summed E-state index contributed by atoms with van der Waals surface area (Å²) in [5, 5.41) is 2.87. The van der Waals surface area contributed by atoms with Gasteiger partial charge in [-0.25, -0.2) is 4.98 Å². The van der Waals surface area contributed by atoms with Gasteiger partial charge in [0.25, 0.3) is 5.91 Å². The lowest BCUT2D eigenvalue weighted by Gasteiger charge is -2.07. The molecule has 19 heavy (non-hydrogen) atoms. The first kappa shape index (κ1) is 11.4. The molecule has 3 rings (SSSR count). The van der Waals surface area contributed by atoms with E-state index in [0.717, 1.165) is 11.2 Å². The Bertz CT molecular complexity index is 706. The topological polar surface area (TPSA) is 59.3 Å². The molecule has 0 aliphatic heterocycles. The maximum absolute atomic E-state index is 12.1. The number of hydrogen-bond donors (Lipinski definition) is 1. The molecule has 0 saturated carbocycles. The van der Waals surface area contributed by atoms with Gasteiger partial charge in [-0.3, -0.25) is 14.2 Å². The molecule has 0 radical (unpaired) electrons. The molecule has 0 atom stereocenters. The van der Waals surface area contributed by atoms with Crippen molar-refractivity contribution >= 4 is 11.6 Å². The van der Waals surface area contributed by atoms with Gasteiger partial charge in [0.1, 0.15) is 11.3 Å². The molecule has 0 aliphatic rings. The molecule has 5 nitrogen and oxygen atoms in total. The molecular weight excluding hydrogens is 240 g/mol. The third-order valence-corrected chi connectivity index (χ3v) is 2.84. The van der Waals surface area contributed by atoms with Crippen molar-refractivity contribution in [2.75, 3.05) is 0 Å². The Kier molecular flexibility index (Phi) is 2.94. The Labute approximate surface area is 109 Å². The summed E-state index contributed by atoms with van der Waals surface area (Å²) in [6.07, 6.45) is 6.89. The van der Waals surface area contributed by atoms with E-state index in [0.29, 0.717) is 12.2 Å². The molecule has 3 heterocycles. The van der Waals surface area contributed by atoms with Crippen LogP contribution in [0.5, 0.6) is 0 Å². The standard InChI is InChI=1S/C14H12N4O/c19-14(17-10-11-3-2-6-15-9-11)12-4-1-5-13-16-7-8-18(12)13/h1-9H,10H2,(H,17,19).